The van der Waals surface area contributed by atoms with Crippen molar-refractivity contribution in [1.29, 1.82) is 0 Å². The van der Waals surface area contributed by atoms with Gasteiger partial charge in [-0.05, 0) is 38.9 Å². The lowest BCUT2D eigenvalue weighted by atomic mass is 10.2. The van der Waals surface area contributed by atoms with E-state index in [4.69, 9.17) is 10.2 Å². The summed E-state index contributed by atoms with van der Waals surface area (Å²) >= 11 is 0. The average molecular weight is 265 g/mol. The zero-order valence-electron chi connectivity index (χ0n) is 11.8. The van der Waals surface area contributed by atoms with Gasteiger partial charge in [0.2, 0.25) is 5.91 Å². The van der Waals surface area contributed by atoms with Crippen molar-refractivity contribution in [3.05, 3.63) is 23.7 Å². The molecule has 0 spiro atoms. The van der Waals surface area contributed by atoms with E-state index in [2.05, 4.69) is 0 Å². The van der Waals surface area contributed by atoms with Crippen molar-refractivity contribution in [2.75, 3.05) is 33.2 Å². The Morgan fingerprint density at radius 3 is 2.68 bits per heavy atom. The van der Waals surface area contributed by atoms with Crippen molar-refractivity contribution in [2.24, 2.45) is 5.73 Å². The molecule has 0 saturated carbocycles. The zero-order chi connectivity index (χ0) is 13.8. The van der Waals surface area contributed by atoms with Gasteiger partial charge >= 0.3 is 0 Å². The van der Waals surface area contributed by atoms with Gasteiger partial charge in [-0.25, -0.2) is 0 Å². The van der Waals surface area contributed by atoms with Gasteiger partial charge in [-0.1, -0.05) is 0 Å². The van der Waals surface area contributed by atoms with Gasteiger partial charge in [0.25, 0.3) is 0 Å². The highest BCUT2D eigenvalue weighted by Gasteiger charge is 2.24. The molecule has 1 aliphatic heterocycles. The largest absolute Gasteiger partial charge is 0.465 e. The molecular weight excluding hydrogens is 242 g/mol. The molecule has 2 heterocycles. The summed E-state index contributed by atoms with van der Waals surface area (Å²) in [7, 11) is 1.92. The molecule has 1 saturated heterocycles. The summed E-state index contributed by atoms with van der Waals surface area (Å²) in [6.07, 6.45) is 2.24. The van der Waals surface area contributed by atoms with Crippen LogP contribution in [-0.4, -0.2) is 48.9 Å². The molecule has 5 nitrogen and oxygen atoms in total. The van der Waals surface area contributed by atoms with Gasteiger partial charge in [0, 0.05) is 19.6 Å². The standard InChI is InChI=1S/C14H23N3O2/c1-11-5-6-13(19-11)12(9-15)16(2)10-14(18)17-7-3-4-8-17/h5-6,12H,3-4,7-10,15H2,1-2H3. The van der Waals surface area contributed by atoms with E-state index < -0.39 is 0 Å². The van der Waals surface area contributed by atoms with Gasteiger partial charge in [0.15, 0.2) is 0 Å². The third-order valence-corrected chi connectivity index (χ3v) is 3.69. The normalized spacial score (nSPS) is 17.2. The van der Waals surface area contributed by atoms with Gasteiger partial charge in [-0.15, -0.1) is 0 Å². The third kappa shape index (κ3) is 3.36. The Balaban J connectivity index is 1.96. The van der Waals surface area contributed by atoms with Gasteiger partial charge in [-0.3, -0.25) is 9.69 Å². The van der Waals surface area contributed by atoms with Crippen LogP contribution in [0, 0.1) is 6.92 Å². The molecule has 0 bridgehead atoms. The molecule has 1 aromatic rings. The maximum atomic E-state index is 12.1. The molecule has 1 aromatic heterocycles. The van der Waals surface area contributed by atoms with Crippen LogP contribution in [0.25, 0.3) is 0 Å². The molecule has 0 aromatic carbocycles. The monoisotopic (exact) mass is 265 g/mol. The van der Waals surface area contributed by atoms with Crippen LogP contribution in [-0.2, 0) is 4.79 Å². The van der Waals surface area contributed by atoms with Crippen LogP contribution in [0.4, 0.5) is 0 Å². The second-order valence-electron chi connectivity index (χ2n) is 5.20. The SMILES string of the molecule is Cc1ccc(C(CN)N(C)CC(=O)N2CCCC2)o1. The van der Waals surface area contributed by atoms with Crippen LogP contribution < -0.4 is 5.73 Å². The maximum Gasteiger partial charge on any atom is 0.236 e. The first-order chi connectivity index (χ1) is 9.11. The third-order valence-electron chi connectivity index (χ3n) is 3.69. The summed E-state index contributed by atoms with van der Waals surface area (Å²) in [6.45, 7) is 4.52. The Kier molecular flexibility index (Phi) is 4.61. The fourth-order valence-electron chi connectivity index (χ4n) is 2.54. The fourth-order valence-corrected chi connectivity index (χ4v) is 2.54. The van der Waals surface area contributed by atoms with Crippen molar-refractivity contribution >= 4 is 5.91 Å². The molecule has 19 heavy (non-hydrogen) atoms. The second-order valence-corrected chi connectivity index (χ2v) is 5.20. The number of likely N-dealkylation sites (tertiary alicyclic amines) is 1. The molecule has 0 radical (unpaired) electrons. The van der Waals surface area contributed by atoms with Crippen LogP contribution in [0.2, 0.25) is 0 Å². The van der Waals surface area contributed by atoms with E-state index in [-0.39, 0.29) is 11.9 Å². The lowest BCUT2D eigenvalue weighted by Crippen LogP contribution is -2.40. The summed E-state index contributed by atoms with van der Waals surface area (Å²) in [5.41, 5.74) is 5.82. The van der Waals surface area contributed by atoms with Crippen LogP contribution in [0.3, 0.4) is 0 Å². The molecule has 106 valence electrons. The van der Waals surface area contributed by atoms with E-state index in [1.54, 1.807) is 0 Å². The molecule has 5 heteroatoms. The molecule has 1 atom stereocenters. The van der Waals surface area contributed by atoms with E-state index >= 15 is 0 Å². The van der Waals surface area contributed by atoms with Crippen LogP contribution >= 0.6 is 0 Å². The second kappa shape index (κ2) is 6.21. The highest BCUT2D eigenvalue weighted by atomic mass is 16.3. The molecule has 1 fully saturated rings. The zero-order valence-corrected chi connectivity index (χ0v) is 11.8. The van der Waals surface area contributed by atoms with Crippen molar-refractivity contribution in [3.63, 3.8) is 0 Å². The Morgan fingerprint density at radius 2 is 2.16 bits per heavy atom. The highest BCUT2D eigenvalue weighted by molar-refractivity contribution is 5.78. The number of hydrogen-bond donors (Lipinski definition) is 1. The summed E-state index contributed by atoms with van der Waals surface area (Å²) in [5, 5.41) is 0. The smallest absolute Gasteiger partial charge is 0.236 e. The fraction of sp³-hybridized carbons (Fsp3) is 0.643. The van der Waals surface area contributed by atoms with Crippen LogP contribution in [0.5, 0.6) is 0 Å². The topological polar surface area (TPSA) is 62.7 Å². The van der Waals surface area contributed by atoms with E-state index in [0.717, 1.165) is 37.5 Å². The first-order valence-corrected chi connectivity index (χ1v) is 6.86. The number of rotatable bonds is 5. The minimum atomic E-state index is -0.0414. The van der Waals surface area contributed by atoms with Crippen molar-refractivity contribution in [2.45, 2.75) is 25.8 Å². The predicted octanol–water partition coefficient (Wildman–Crippen LogP) is 1.14. The lowest BCUT2D eigenvalue weighted by molar-refractivity contribution is -0.131. The molecule has 0 aliphatic carbocycles. The number of hydrogen-bond acceptors (Lipinski definition) is 4. The summed E-state index contributed by atoms with van der Waals surface area (Å²) in [6, 6.07) is 3.82. The van der Waals surface area contributed by atoms with Crippen molar-refractivity contribution in [1.82, 2.24) is 9.80 Å². The van der Waals surface area contributed by atoms with Crippen molar-refractivity contribution in [3.8, 4) is 0 Å². The van der Waals surface area contributed by atoms with Gasteiger partial charge in [0.05, 0.1) is 12.6 Å². The number of nitrogens with zero attached hydrogens (tertiary/aromatic N) is 2. The Morgan fingerprint density at radius 1 is 1.47 bits per heavy atom. The Bertz CT molecular complexity index is 424. The van der Waals surface area contributed by atoms with Crippen LogP contribution in [0.15, 0.2) is 16.5 Å². The molecule has 2 rings (SSSR count). The molecule has 1 aliphatic rings. The van der Waals surface area contributed by atoms with Gasteiger partial charge in [-0.2, -0.15) is 0 Å². The molecule has 2 N–H and O–H groups in total. The van der Waals surface area contributed by atoms with Gasteiger partial charge < -0.3 is 15.1 Å². The van der Waals surface area contributed by atoms with E-state index in [1.807, 2.05) is 35.9 Å². The number of furan rings is 1. The van der Waals surface area contributed by atoms with Crippen LogP contribution in [0.1, 0.15) is 30.4 Å². The Labute approximate surface area is 114 Å². The number of nitrogens with two attached hydrogens (primary N) is 1. The van der Waals surface area contributed by atoms with E-state index in [0.29, 0.717) is 13.1 Å². The number of aryl methyl sites for hydroxylation is 1. The minimum Gasteiger partial charge on any atom is -0.465 e. The first-order valence-electron chi connectivity index (χ1n) is 6.86. The number of carbonyl (C=O) groups is 1. The summed E-state index contributed by atoms with van der Waals surface area (Å²) in [5.74, 6) is 1.88. The number of amides is 1. The average Bonchev–Trinajstić information content (AvgIpc) is 3.01. The van der Waals surface area contributed by atoms with Gasteiger partial charge in [0.1, 0.15) is 11.5 Å². The summed E-state index contributed by atoms with van der Waals surface area (Å²) < 4.78 is 5.62. The predicted molar refractivity (Wildman–Crippen MR) is 73.7 cm³/mol. The Hall–Kier alpha value is -1.33. The van der Waals surface area contributed by atoms with E-state index in [1.165, 1.54) is 0 Å². The molecule has 1 amide bonds. The quantitative estimate of drug-likeness (QED) is 0.867. The van der Waals surface area contributed by atoms with E-state index in [9.17, 15) is 4.79 Å². The minimum absolute atomic E-state index is 0.0414. The summed E-state index contributed by atoms with van der Waals surface area (Å²) in [4.78, 5) is 16.0. The van der Waals surface area contributed by atoms with Crippen molar-refractivity contribution < 1.29 is 9.21 Å². The number of carbonyl (C=O) groups excluding carboxylic acids is 1. The first kappa shape index (κ1) is 14.1. The molecule has 1 unspecified atom stereocenters. The lowest BCUT2D eigenvalue weighted by Gasteiger charge is -2.26. The number of likely N-dealkylation sites (N-methyl/N-ethyl adjacent to an activating group) is 1. The maximum absolute atomic E-state index is 12.1. The highest BCUT2D eigenvalue weighted by Crippen LogP contribution is 2.21. The molecular formula is C14H23N3O2.